The second-order valence-corrected chi connectivity index (χ2v) is 1.87. The maximum Gasteiger partial charge on any atom is 0.0940 e. The first kappa shape index (κ1) is 5.96. The molecule has 0 aromatic carbocycles. The van der Waals surface area contributed by atoms with Gasteiger partial charge in [-0.05, 0) is 6.33 Å². The van der Waals surface area contributed by atoms with Crippen molar-refractivity contribution in [1.29, 1.82) is 0 Å². The first-order chi connectivity index (χ1) is 5.47. The van der Waals surface area contributed by atoms with E-state index in [2.05, 4.69) is 25.1 Å². The fourth-order valence-electron chi connectivity index (χ4n) is 0.719. The Morgan fingerprint density at radius 2 is 2.27 bits per heavy atom. The smallest absolute Gasteiger partial charge is 0.0940 e. The molecule has 2 aromatic heterocycles. The van der Waals surface area contributed by atoms with Gasteiger partial charge in [-0.1, -0.05) is 0 Å². The summed E-state index contributed by atoms with van der Waals surface area (Å²) in [6.45, 7) is 0. The SMILES string of the molecule is c1cnc(-c2nnc[n-]2)cn1. The van der Waals surface area contributed by atoms with Crippen molar-refractivity contribution in [2.75, 3.05) is 0 Å². The number of nitrogens with zero attached hydrogens (tertiary/aromatic N) is 5. The Kier molecular flexibility index (Phi) is 1.33. The largest absolute Gasteiger partial charge is 0.364 e. The van der Waals surface area contributed by atoms with Gasteiger partial charge in [-0.2, -0.15) is 0 Å². The average molecular weight is 146 g/mol. The van der Waals surface area contributed by atoms with Gasteiger partial charge in [0, 0.05) is 18.2 Å². The van der Waals surface area contributed by atoms with Crippen LogP contribution in [-0.4, -0.2) is 20.2 Å². The minimum Gasteiger partial charge on any atom is -0.364 e. The van der Waals surface area contributed by atoms with Crippen molar-refractivity contribution in [1.82, 2.24) is 25.1 Å². The summed E-state index contributed by atoms with van der Waals surface area (Å²) in [5.41, 5.74) is 0.644. The molecule has 0 aliphatic carbocycles. The third kappa shape index (κ3) is 1.07. The maximum absolute atomic E-state index is 3.99. The minimum absolute atomic E-state index is 0.512. The molecule has 0 aliphatic heterocycles. The minimum atomic E-state index is 0.512. The van der Waals surface area contributed by atoms with Crippen LogP contribution in [0.3, 0.4) is 0 Å². The standard InChI is InChI=1S/C6H4N5/c1-2-8-5(3-7-1)6-9-4-10-11-6/h1-4H/q-1. The van der Waals surface area contributed by atoms with Gasteiger partial charge in [0.2, 0.25) is 0 Å². The quantitative estimate of drug-likeness (QED) is 0.561. The Morgan fingerprint density at radius 3 is 2.91 bits per heavy atom. The molecule has 0 N–H and O–H groups in total. The Labute approximate surface area is 62.5 Å². The van der Waals surface area contributed by atoms with Gasteiger partial charge in [-0.25, -0.2) is 0 Å². The third-order valence-corrected chi connectivity index (χ3v) is 1.18. The molecule has 5 heteroatoms. The van der Waals surface area contributed by atoms with Crippen molar-refractivity contribution in [3.63, 3.8) is 0 Å². The van der Waals surface area contributed by atoms with Crippen LogP contribution in [-0.2, 0) is 0 Å². The van der Waals surface area contributed by atoms with Gasteiger partial charge in [0.25, 0.3) is 0 Å². The Balaban J connectivity index is 2.46. The molecule has 2 heterocycles. The molecule has 5 nitrogen and oxygen atoms in total. The van der Waals surface area contributed by atoms with E-state index in [1.807, 2.05) is 0 Å². The number of hydrogen-bond acceptors (Lipinski definition) is 4. The summed E-state index contributed by atoms with van der Waals surface area (Å²) >= 11 is 0. The van der Waals surface area contributed by atoms with Crippen LogP contribution in [0.25, 0.3) is 11.5 Å². The lowest BCUT2D eigenvalue weighted by molar-refractivity contribution is 1.08. The molecule has 11 heavy (non-hydrogen) atoms. The molecule has 0 saturated carbocycles. The molecule has 0 amide bonds. The summed E-state index contributed by atoms with van der Waals surface area (Å²) in [6.07, 6.45) is 6.16. The van der Waals surface area contributed by atoms with E-state index in [0.717, 1.165) is 0 Å². The van der Waals surface area contributed by atoms with Gasteiger partial charge in [-0.3, -0.25) is 9.97 Å². The van der Waals surface area contributed by atoms with Crippen molar-refractivity contribution < 1.29 is 0 Å². The van der Waals surface area contributed by atoms with Crippen LogP contribution in [0.4, 0.5) is 0 Å². The maximum atomic E-state index is 3.99. The van der Waals surface area contributed by atoms with Crippen LogP contribution in [0, 0.1) is 0 Å². The van der Waals surface area contributed by atoms with E-state index < -0.39 is 0 Å². The zero-order chi connectivity index (χ0) is 7.52. The van der Waals surface area contributed by atoms with Crippen LogP contribution in [0.5, 0.6) is 0 Å². The lowest BCUT2D eigenvalue weighted by Gasteiger charge is -1.95. The Morgan fingerprint density at radius 1 is 1.27 bits per heavy atom. The summed E-state index contributed by atoms with van der Waals surface area (Å²) in [5, 5.41) is 7.29. The average Bonchev–Trinajstić information content (AvgIpc) is 2.58. The second kappa shape index (κ2) is 2.45. The summed E-state index contributed by atoms with van der Waals surface area (Å²) in [5.74, 6) is 0.512. The lowest BCUT2D eigenvalue weighted by atomic mass is 10.4. The van der Waals surface area contributed by atoms with Gasteiger partial charge in [0.15, 0.2) is 0 Å². The van der Waals surface area contributed by atoms with E-state index in [1.54, 1.807) is 18.6 Å². The topological polar surface area (TPSA) is 65.7 Å². The predicted octanol–water partition coefficient (Wildman–Crippen LogP) is -0.109. The number of aromatic nitrogens is 5. The van der Waals surface area contributed by atoms with Gasteiger partial charge in [0.1, 0.15) is 0 Å². The van der Waals surface area contributed by atoms with E-state index in [-0.39, 0.29) is 0 Å². The first-order valence-electron chi connectivity index (χ1n) is 3.03. The zero-order valence-corrected chi connectivity index (χ0v) is 5.55. The molecule has 0 bridgehead atoms. The molecule has 0 aliphatic rings. The van der Waals surface area contributed by atoms with E-state index >= 15 is 0 Å². The molecular formula is C6H4N5-. The van der Waals surface area contributed by atoms with E-state index in [9.17, 15) is 0 Å². The fraction of sp³-hybridized carbons (Fsp3) is 0. The summed E-state index contributed by atoms with van der Waals surface area (Å²) in [7, 11) is 0. The normalized spacial score (nSPS) is 9.82. The number of hydrogen-bond donors (Lipinski definition) is 0. The molecule has 0 saturated heterocycles. The highest BCUT2D eigenvalue weighted by Gasteiger charge is 1.91. The van der Waals surface area contributed by atoms with Crippen LogP contribution in [0.1, 0.15) is 0 Å². The molecule has 0 radical (unpaired) electrons. The monoisotopic (exact) mass is 146 g/mol. The van der Waals surface area contributed by atoms with E-state index in [1.165, 1.54) is 6.33 Å². The lowest BCUT2D eigenvalue weighted by Crippen LogP contribution is -1.86. The molecular weight excluding hydrogens is 142 g/mol. The summed E-state index contributed by atoms with van der Waals surface area (Å²) < 4.78 is 0. The van der Waals surface area contributed by atoms with Crippen molar-refractivity contribution in [3.8, 4) is 11.5 Å². The van der Waals surface area contributed by atoms with Gasteiger partial charge >= 0.3 is 0 Å². The fourth-order valence-corrected chi connectivity index (χ4v) is 0.719. The highest BCUT2D eigenvalue weighted by atomic mass is 15.2. The van der Waals surface area contributed by atoms with Crippen molar-refractivity contribution in [3.05, 3.63) is 24.9 Å². The molecule has 54 valence electrons. The van der Waals surface area contributed by atoms with Crippen LogP contribution < -0.4 is 4.98 Å². The van der Waals surface area contributed by atoms with Gasteiger partial charge < -0.3 is 15.2 Å². The number of rotatable bonds is 1. The van der Waals surface area contributed by atoms with Crippen molar-refractivity contribution in [2.24, 2.45) is 0 Å². The molecule has 0 atom stereocenters. The van der Waals surface area contributed by atoms with Gasteiger partial charge in [0.05, 0.1) is 11.9 Å². The van der Waals surface area contributed by atoms with E-state index in [4.69, 9.17) is 0 Å². The predicted molar refractivity (Wildman–Crippen MR) is 36.4 cm³/mol. The highest BCUT2D eigenvalue weighted by molar-refractivity contribution is 5.44. The molecule has 2 rings (SSSR count). The Hall–Kier alpha value is -1.78. The third-order valence-electron chi connectivity index (χ3n) is 1.18. The Bertz CT molecular complexity index is 314. The molecule has 0 unspecified atom stereocenters. The highest BCUT2D eigenvalue weighted by Crippen LogP contribution is 2.04. The zero-order valence-electron chi connectivity index (χ0n) is 5.55. The first-order valence-corrected chi connectivity index (χ1v) is 3.03. The van der Waals surface area contributed by atoms with Crippen LogP contribution in [0.2, 0.25) is 0 Å². The summed E-state index contributed by atoms with van der Waals surface area (Å²) in [6, 6.07) is 0. The van der Waals surface area contributed by atoms with Crippen LogP contribution in [0.15, 0.2) is 24.9 Å². The van der Waals surface area contributed by atoms with Gasteiger partial charge in [-0.15, -0.1) is 0 Å². The molecule has 0 fully saturated rings. The molecule has 2 aromatic rings. The van der Waals surface area contributed by atoms with Crippen molar-refractivity contribution >= 4 is 0 Å². The van der Waals surface area contributed by atoms with Crippen molar-refractivity contribution in [2.45, 2.75) is 0 Å². The summed E-state index contributed by atoms with van der Waals surface area (Å²) in [4.78, 5) is 11.7. The van der Waals surface area contributed by atoms with E-state index in [0.29, 0.717) is 11.5 Å². The van der Waals surface area contributed by atoms with Crippen LogP contribution >= 0.6 is 0 Å². The second-order valence-electron chi connectivity index (χ2n) is 1.87. The molecule has 0 spiro atoms.